The highest BCUT2D eigenvalue weighted by atomic mass is 79.9. The number of halogens is 1. The summed E-state index contributed by atoms with van der Waals surface area (Å²) in [7, 11) is 0. The van der Waals surface area contributed by atoms with E-state index >= 15 is 0 Å². The Hall–Kier alpha value is -0.900. The highest BCUT2D eigenvalue weighted by molar-refractivity contribution is 9.10. The third-order valence-electron chi connectivity index (χ3n) is 2.58. The van der Waals surface area contributed by atoms with E-state index in [9.17, 15) is 4.91 Å². The zero-order valence-corrected chi connectivity index (χ0v) is 9.27. The first-order valence-corrected chi connectivity index (χ1v) is 5.46. The summed E-state index contributed by atoms with van der Waals surface area (Å²) in [5, 5.41) is 4.67. The Bertz CT molecular complexity index is 325. The van der Waals surface area contributed by atoms with Crippen LogP contribution in [-0.4, -0.2) is 11.6 Å². The van der Waals surface area contributed by atoms with Gasteiger partial charge in [0.1, 0.15) is 0 Å². The van der Waals surface area contributed by atoms with Gasteiger partial charge in [0, 0.05) is 11.0 Å². The van der Waals surface area contributed by atoms with E-state index in [-0.39, 0.29) is 6.04 Å². The van der Waals surface area contributed by atoms with Gasteiger partial charge in [-0.1, -0.05) is 28.1 Å². The van der Waals surface area contributed by atoms with Gasteiger partial charge in [-0.2, -0.15) is 0 Å². The monoisotopic (exact) mass is 254 g/mol. The van der Waals surface area contributed by atoms with Crippen molar-refractivity contribution in [1.29, 1.82) is 0 Å². The molecule has 0 aliphatic carbocycles. The molecule has 2 rings (SSSR count). The van der Waals surface area contributed by atoms with E-state index in [1.54, 1.807) is 5.01 Å². The second-order valence-corrected chi connectivity index (χ2v) is 4.37. The molecule has 0 aromatic heterocycles. The summed E-state index contributed by atoms with van der Waals surface area (Å²) in [4.78, 5) is 10.5. The summed E-state index contributed by atoms with van der Waals surface area (Å²) >= 11 is 3.39. The van der Waals surface area contributed by atoms with Crippen molar-refractivity contribution in [2.75, 3.05) is 6.54 Å². The third kappa shape index (κ3) is 1.80. The van der Waals surface area contributed by atoms with Crippen LogP contribution in [0.15, 0.2) is 34.0 Å². The maximum Gasteiger partial charge on any atom is 0.0752 e. The van der Waals surface area contributed by atoms with Crippen molar-refractivity contribution in [2.24, 2.45) is 5.29 Å². The van der Waals surface area contributed by atoms with Crippen LogP contribution in [0, 0.1) is 4.91 Å². The average Bonchev–Trinajstić information content (AvgIpc) is 2.67. The molecular formula is C10H11BrN2O. The predicted octanol–water partition coefficient (Wildman–Crippen LogP) is 3.27. The van der Waals surface area contributed by atoms with Crippen LogP contribution in [0.5, 0.6) is 0 Å². The van der Waals surface area contributed by atoms with Gasteiger partial charge in [0.2, 0.25) is 0 Å². The van der Waals surface area contributed by atoms with E-state index in [1.807, 2.05) is 24.3 Å². The van der Waals surface area contributed by atoms with Crippen LogP contribution in [0.2, 0.25) is 0 Å². The average molecular weight is 255 g/mol. The molecule has 74 valence electrons. The lowest BCUT2D eigenvalue weighted by molar-refractivity contribution is 0.267. The lowest BCUT2D eigenvalue weighted by Crippen LogP contribution is -2.15. The zero-order valence-electron chi connectivity index (χ0n) is 7.69. The molecule has 0 spiro atoms. The Balaban J connectivity index is 2.21. The smallest absolute Gasteiger partial charge is 0.0752 e. The molecule has 0 amide bonds. The lowest BCUT2D eigenvalue weighted by Gasteiger charge is -2.17. The molecule has 0 bridgehead atoms. The number of hydrogen-bond donors (Lipinski definition) is 0. The number of nitrogens with zero attached hydrogens (tertiary/aromatic N) is 2. The summed E-state index contributed by atoms with van der Waals surface area (Å²) < 4.78 is 1.06. The summed E-state index contributed by atoms with van der Waals surface area (Å²) in [5.41, 5.74) is 1.17. The van der Waals surface area contributed by atoms with Crippen molar-refractivity contribution in [2.45, 2.75) is 18.9 Å². The molecule has 3 nitrogen and oxygen atoms in total. The molecule has 1 aliphatic heterocycles. The molecule has 4 heteroatoms. The number of benzene rings is 1. The van der Waals surface area contributed by atoms with Gasteiger partial charge in [0.05, 0.1) is 11.3 Å². The first-order valence-electron chi connectivity index (χ1n) is 4.66. The molecule has 1 fully saturated rings. The maximum absolute atomic E-state index is 10.5. The highest BCUT2D eigenvalue weighted by Gasteiger charge is 2.25. The predicted molar refractivity (Wildman–Crippen MR) is 58.6 cm³/mol. The van der Waals surface area contributed by atoms with Crippen molar-refractivity contribution in [1.82, 2.24) is 5.01 Å². The highest BCUT2D eigenvalue weighted by Crippen LogP contribution is 2.32. The van der Waals surface area contributed by atoms with Gasteiger partial charge in [-0.05, 0) is 30.5 Å². The third-order valence-corrected chi connectivity index (χ3v) is 3.11. The molecule has 1 aliphatic rings. The quantitative estimate of drug-likeness (QED) is 0.760. The number of hydrogen-bond acceptors (Lipinski definition) is 2. The maximum atomic E-state index is 10.5. The van der Waals surface area contributed by atoms with Gasteiger partial charge in [0.15, 0.2) is 0 Å². The summed E-state index contributed by atoms with van der Waals surface area (Å²) in [6, 6.07) is 8.25. The van der Waals surface area contributed by atoms with E-state index in [0.717, 1.165) is 23.9 Å². The molecule has 14 heavy (non-hydrogen) atoms. The van der Waals surface area contributed by atoms with E-state index in [4.69, 9.17) is 0 Å². The van der Waals surface area contributed by atoms with E-state index in [1.165, 1.54) is 5.56 Å². The minimum atomic E-state index is 0.181. The van der Waals surface area contributed by atoms with Crippen molar-refractivity contribution in [3.05, 3.63) is 39.2 Å². The van der Waals surface area contributed by atoms with Gasteiger partial charge in [-0.15, -0.1) is 4.91 Å². The standard InChI is InChI=1S/C10H11BrN2O/c11-9-5-3-8(4-6-9)10-2-1-7-13(10)12-14/h3-6,10H,1-2,7H2. The number of nitroso groups, excluding NO2 is 1. The van der Waals surface area contributed by atoms with E-state index < -0.39 is 0 Å². The summed E-state index contributed by atoms with van der Waals surface area (Å²) in [6.07, 6.45) is 2.07. The van der Waals surface area contributed by atoms with Crippen LogP contribution in [0.1, 0.15) is 24.4 Å². The first kappa shape index (κ1) is 9.65. The van der Waals surface area contributed by atoms with Gasteiger partial charge >= 0.3 is 0 Å². The summed E-state index contributed by atoms with van der Waals surface area (Å²) in [6.45, 7) is 0.782. The Kier molecular flexibility index (Phi) is 2.82. The Labute approximate surface area is 91.2 Å². The fourth-order valence-electron chi connectivity index (χ4n) is 1.87. The molecular weight excluding hydrogens is 244 g/mol. The Morgan fingerprint density at radius 3 is 2.71 bits per heavy atom. The van der Waals surface area contributed by atoms with Crippen LogP contribution >= 0.6 is 15.9 Å². The molecule has 1 aromatic carbocycles. The zero-order chi connectivity index (χ0) is 9.97. The van der Waals surface area contributed by atoms with Crippen LogP contribution < -0.4 is 0 Å². The molecule has 1 heterocycles. The van der Waals surface area contributed by atoms with Gasteiger partial charge in [0.25, 0.3) is 0 Å². The SMILES string of the molecule is O=NN1CCCC1c1ccc(Br)cc1. The molecule has 1 aromatic rings. The van der Waals surface area contributed by atoms with Crippen molar-refractivity contribution in [3.63, 3.8) is 0 Å². The molecule has 0 saturated carbocycles. The van der Waals surface area contributed by atoms with Crippen LogP contribution in [0.25, 0.3) is 0 Å². The molecule has 1 atom stereocenters. The Morgan fingerprint density at radius 2 is 2.07 bits per heavy atom. The van der Waals surface area contributed by atoms with Crippen molar-refractivity contribution < 1.29 is 0 Å². The largest absolute Gasteiger partial charge is 0.253 e. The van der Waals surface area contributed by atoms with Gasteiger partial charge in [-0.3, -0.25) is 5.01 Å². The second-order valence-electron chi connectivity index (χ2n) is 3.45. The number of rotatable bonds is 2. The fourth-order valence-corrected chi connectivity index (χ4v) is 2.14. The fraction of sp³-hybridized carbons (Fsp3) is 0.400. The second kappa shape index (κ2) is 4.09. The Morgan fingerprint density at radius 1 is 1.36 bits per heavy atom. The van der Waals surface area contributed by atoms with Gasteiger partial charge in [-0.25, -0.2) is 0 Å². The summed E-state index contributed by atoms with van der Waals surface area (Å²) in [5.74, 6) is 0. The molecule has 0 radical (unpaired) electrons. The lowest BCUT2D eigenvalue weighted by atomic mass is 10.1. The van der Waals surface area contributed by atoms with Crippen molar-refractivity contribution in [3.8, 4) is 0 Å². The normalized spacial score (nSPS) is 21.2. The van der Waals surface area contributed by atoms with Crippen molar-refractivity contribution >= 4 is 15.9 Å². The molecule has 0 N–H and O–H groups in total. The topological polar surface area (TPSA) is 32.7 Å². The first-order chi connectivity index (χ1) is 6.81. The molecule has 1 saturated heterocycles. The van der Waals surface area contributed by atoms with Gasteiger partial charge < -0.3 is 0 Å². The van der Waals surface area contributed by atoms with E-state index in [2.05, 4.69) is 21.2 Å². The minimum Gasteiger partial charge on any atom is -0.253 e. The van der Waals surface area contributed by atoms with E-state index in [0.29, 0.717) is 0 Å². The van der Waals surface area contributed by atoms with Crippen LogP contribution in [0.3, 0.4) is 0 Å². The van der Waals surface area contributed by atoms with Crippen LogP contribution in [-0.2, 0) is 0 Å². The van der Waals surface area contributed by atoms with Crippen LogP contribution in [0.4, 0.5) is 0 Å². The molecule has 1 unspecified atom stereocenters. The minimum absolute atomic E-state index is 0.181.